The number of fused-ring (bicyclic) bond motifs is 1. The van der Waals surface area contributed by atoms with E-state index in [0.29, 0.717) is 6.04 Å². The molecule has 1 amide bonds. The normalized spacial score (nSPS) is 17.7. The highest BCUT2D eigenvalue weighted by molar-refractivity contribution is 5.87. The lowest BCUT2D eigenvalue weighted by molar-refractivity contribution is -0.121. The van der Waals surface area contributed by atoms with Crippen LogP contribution in [0.2, 0.25) is 0 Å². The zero-order valence-corrected chi connectivity index (χ0v) is 13.1. The van der Waals surface area contributed by atoms with Crippen LogP contribution in [0, 0.1) is 5.41 Å². The van der Waals surface area contributed by atoms with E-state index in [2.05, 4.69) is 49.6 Å². The predicted molar refractivity (Wildman–Crippen MR) is 86.2 cm³/mol. The number of carbonyl (C=O) groups is 1. The number of primary amides is 1. The van der Waals surface area contributed by atoms with Gasteiger partial charge >= 0.3 is 0 Å². The molecular formula is C18H24N2O. The average Bonchev–Trinajstić information content (AvgIpc) is 2.64. The number of amides is 1. The summed E-state index contributed by atoms with van der Waals surface area (Å²) in [7, 11) is 0. The molecule has 2 aromatic rings. The fraction of sp³-hybridized carbons (Fsp3) is 0.500. The van der Waals surface area contributed by atoms with Crippen LogP contribution in [-0.4, -0.2) is 10.5 Å². The van der Waals surface area contributed by atoms with Crippen molar-refractivity contribution in [2.24, 2.45) is 11.1 Å². The lowest BCUT2D eigenvalue weighted by Gasteiger charge is -2.35. The van der Waals surface area contributed by atoms with Gasteiger partial charge in [0, 0.05) is 17.3 Å². The number of hydrogen-bond donors (Lipinski definition) is 1. The van der Waals surface area contributed by atoms with Crippen LogP contribution < -0.4 is 5.73 Å². The molecule has 1 atom stereocenters. The molecule has 112 valence electrons. The van der Waals surface area contributed by atoms with Crippen molar-refractivity contribution in [1.29, 1.82) is 0 Å². The van der Waals surface area contributed by atoms with E-state index in [1.807, 2.05) is 6.07 Å². The van der Waals surface area contributed by atoms with Crippen molar-refractivity contribution in [2.45, 2.75) is 52.0 Å². The Morgan fingerprint density at radius 2 is 1.95 bits per heavy atom. The van der Waals surface area contributed by atoms with E-state index in [4.69, 9.17) is 5.73 Å². The van der Waals surface area contributed by atoms with Crippen molar-refractivity contribution in [3.63, 3.8) is 0 Å². The summed E-state index contributed by atoms with van der Waals surface area (Å²) >= 11 is 0. The zero-order chi connectivity index (χ0) is 15.2. The van der Waals surface area contributed by atoms with Gasteiger partial charge in [-0.15, -0.1) is 0 Å². The van der Waals surface area contributed by atoms with Gasteiger partial charge < -0.3 is 10.3 Å². The van der Waals surface area contributed by atoms with Crippen LogP contribution in [0.4, 0.5) is 0 Å². The topological polar surface area (TPSA) is 48.0 Å². The first-order valence-corrected chi connectivity index (χ1v) is 7.79. The van der Waals surface area contributed by atoms with E-state index >= 15 is 0 Å². The number of aromatic nitrogens is 1. The van der Waals surface area contributed by atoms with Gasteiger partial charge in [0.15, 0.2) is 0 Å². The molecule has 1 fully saturated rings. The third-order valence-electron chi connectivity index (χ3n) is 4.66. The lowest BCUT2D eigenvalue weighted by Crippen LogP contribution is -2.34. The summed E-state index contributed by atoms with van der Waals surface area (Å²) in [5.41, 5.74) is 7.89. The van der Waals surface area contributed by atoms with Gasteiger partial charge in [0.25, 0.3) is 0 Å². The van der Waals surface area contributed by atoms with Gasteiger partial charge in [0.05, 0.1) is 5.92 Å². The first kappa shape index (κ1) is 14.2. The van der Waals surface area contributed by atoms with Gasteiger partial charge in [-0.3, -0.25) is 4.79 Å². The zero-order valence-electron chi connectivity index (χ0n) is 13.1. The Labute approximate surface area is 126 Å². The molecule has 3 heteroatoms. The second kappa shape index (κ2) is 4.90. The maximum absolute atomic E-state index is 12.1. The van der Waals surface area contributed by atoms with Crippen LogP contribution in [0.3, 0.4) is 0 Å². The molecule has 3 rings (SSSR count). The van der Waals surface area contributed by atoms with Crippen molar-refractivity contribution in [3.05, 3.63) is 36.0 Å². The van der Waals surface area contributed by atoms with E-state index in [0.717, 1.165) is 5.69 Å². The fourth-order valence-corrected chi connectivity index (χ4v) is 3.49. The second-order valence-corrected chi connectivity index (χ2v) is 7.28. The molecule has 0 radical (unpaired) electrons. The Balaban J connectivity index is 2.23. The van der Waals surface area contributed by atoms with Crippen molar-refractivity contribution in [3.8, 4) is 0 Å². The minimum absolute atomic E-state index is 0.179. The Morgan fingerprint density at radius 1 is 1.29 bits per heavy atom. The first-order valence-electron chi connectivity index (χ1n) is 7.79. The van der Waals surface area contributed by atoms with E-state index in [-0.39, 0.29) is 17.2 Å². The van der Waals surface area contributed by atoms with E-state index in [1.54, 1.807) is 0 Å². The molecule has 1 aromatic heterocycles. The highest BCUT2D eigenvalue weighted by Gasteiger charge is 2.36. The molecule has 0 aliphatic heterocycles. The summed E-state index contributed by atoms with van der Waals surface area (Å²) in [4.78, 5) is 12.1. The number of para-hydroxylation sites is 1. The summed E-state index contributed by atoms with van der Waals surface area (Å²) in [5.74, 6) is -0.489. The van der Waals surface area contributed by atoms with Gasteiger partial charge in [-0.2, -0.15) is 0 Å². The average molecular weight is 284 g/mol. The predicted octanol–water partition coefficient (Wildman–Crippen LogP) is 3.98. The monoisotopic (exact) mass is 284 g/mol. The second-order valence-electron chi connectivity index (χ2n) is 7.28. The van der Waals surface area contributed by atoms with Crippen molar-refractivity contribution >= 4 is 16.8 Å². The molecule has 1 saturated carbocycles. The van der Waals surface area contributed by atoms with E-state index in [1.165, 1.54) is 30.2 Å². The van der Waals surface area contributed by atoms with Gasteiger partial charge in [-0.1, -0.05) is 39.0 Å². The Hall–Kier alpha value is -1.77. The molecule has 1 unspecified atom stereocenters. The Kier molecular flexibility index (Phi) is 3.31. The molecule has 0 spiro atoms. The minimum atomic E-state index is -0.259. The molecule has 21 heavy (non-hydrogen) atoms. The third-order valence-corrected chi connectivity index (χ3v) is 4.66. The number of hydrogen-bond acceptors (Lipinski definition) is 1. The van der Waals surface area contributed by atoms with Crippen molar-refractivity contribution in [1.82, 2.24) is 4.57 Å². The number of rotatable bonds is 3. The lowest BCUT2D eigenvalue weighted by atomic mass is 9.77. The molecule has 2 N–H and O–H groups in total. The van der Waals surface area contributed by atoms with Gasteiger partial charge in [-0.05, 0) is 42.2 Å². The van der Waals surface area contributed by atoms with Crippen molar-refractivity contribution < 1.29 is 4.79 Å². The van der Waals surface area contributed by atoms with Crippen LogP contribution in [0.15, 0.2) is 30.3 Å². The summed E-state index contributed by atoms with van der Waals surface area (Å²) in [6, 6.07) is 11.1. The summed E-state index contributed by atoms with van der Waals surface area (Å²) in [6.07, 6.45) is 3.66. The largest absolute Gasteiger partial charge is 0.369 e. The van der Waals surface area contributed by atoms with Gasteiger partial charge in [0.1, 0.15) is 0 Å². The smallest absolute Gasteiger partial charge is 0.227 e. The first-order chi connectivity index (χ1) is 9.89. The number of nitrogens with two attached hydrogens (primary N) is 1. The summed E-state index contributed by atoms with van der Waals surface area (Å²) in [6.45, 7) is 6.27. The van der Waals surface area contributed by atoms with E-state index in [9.17, 15) is 4.79 Å². The maximum atomic E-state index is 12.1. The standard InChI is InChI=1S/C18H24N2O/c1-18(2,3)16(17(19)21)15-11-12-7-4-5-10-14(12)20(15)13-8-6-9-13/h4-5,7,10-11,13,16H,6,8-9H2,1-3H3,(H2,19,21). The Morgan fingerprint density at radius 3 is 2.48 bits per heavy atom. The van der Waals surface area contributed by atoms with Crippen LogP contribution >= 0.6 is 0 Å². The fourth-order valence-electron chi connectivity index (χ4n) is 3.49. The Bertz CT molecular complexity index is 674. The minimum Gasteiger partial charge on any atom is -0.369 e. The van der Waals surface area contributed by atoms with E-state index < -0.39 is 0 Å². The maximum Gasteiger partial charge on any atom is 0.227 e. The van der Waals surface area contributed by atoms with Crippen LogP contribution in [0.5, 0.6) is 0 Å². The molecule has 0 bridgehead atoms. The van der Waals surface area contributed by atoms with Crippen LogP contribution in [-0.2, 0) is 4.79 Å². The van der Waals surface area contributed by atoms with Gasteiger partial charge in [-0.25, -0.2) is 0 Å². The summed E-state index contributed by atoms with van der Waals surface area (Å²) < 4.78 is 2.37. The molecule has 3 nitrogen and oxygen atoms in total. The number of nitrogens with zero attached hydrogens (tertiary/aromatic N) is 1. The molecular weight excluding hydrogens is 260 g/mol. The van der Waals surface area contributed by atoms with Gasteiger partial charge in [0.2, 0.25) is 5.91 Å². The molecule has 1 aliphatic carbocycles. The molecule has 1 aliphatic rings. The number of carbonyl (C=O) groups excluding carboxylic acids is 1. The third kappa shape index (κ3) is 2.35. The SMILES string of the molecule is CC(C)(C)C(C(N)=O)c1cc2ccccc2n1C1CCC1. The van der Waals surface area contributed by atoms with Crippen LogP contribution in [0.1, 0.15) is 57.7 Å². The summed E-state index contributed by atoms with van der Waals surface area (Å²) in [5, 5.41) is 1.20. The highest BCUT2D eigenvalue weighted by atomic mass is 16.1. The molecule has 1 aromatic carbocycles. The number of benzene rings is 1. The molecule has 0 saturated heterocycles. The van der Waals surface area contributed by atoms with Crippen molar-refractivity contribution in [2.75, 3.05) is 0 Å². The quantitative estimate of drug-likeness (QED) is 0.910. The highest BCUT2D eigenvalue weighted by Crippen LogP contribution is 2.43. The molecule has 1 heterocycles. The van der Waals surface area contributed by atoms with Crippen LogP contribution in [0.25, 0.3) is 10.9 Å².